The van der Waals surface area contributed by atoms with E-state index in [1.165, 1.54) is 36.9 Å². The van der Waals surface area contributed by atoms with Crippen molar-refractivity contribution in [2.45, 2.75) is 32.2 Å². The summed E-state index contributed by atoms with van der Waals surface area (Å²) < 4.78 is 48.9. The van der Waals surface area contributed by atoms with Crippen molar-refractivity contribution in [3.8, 4) is 5.75 Å². The maximum atomic E-state index is 13.3. The van der Waals surface area contributed by atoms with Crippen LogP contribution >= 0.6 is 7.75 Å². The Hall–Kier alpha value is -3.05. The fourth-order valence-corrected chi connectivity index (χ4v) is 4.38. The van der Waals surface area contributed by atoms with E-state index in [9.17, 15) is 23.3 Å². The number of aromatic nitrogens is 2. The summed E-state index contributed by atoms with van der Waals surface area (Å²) in [5.41, 5.74) is -0.826. The van der Waals surface area contributed by atoms with E-state index in [0.717, 1.165) is 12.1 Å². The molecule has 178 valence electrons. The predicted octanol–water partition coefficient (Wildman–Crippen LogP) is 1.79. The van der Waals surface area contributed by atoms with Gasteiger partial charge in [-0.15, -0.1) is 0 Å². The van der Waals surface area contributed by atoms with E-state index < -0.39 is 49.2 Å². The number of H-pyrrole nitrogens is 1. The monoisotopic (exact) mass is 483 g/mol. The summed E-state index contributed by atoms with van der Waals surface area (Å²) in [5.74, 6) is -1.18. The van der Waals surface area contributed by atoms with E-state index in [2.05, 4.69) is 14.8 Å². The smallest absolute Gasteiger partial charge is 0.459 e. The molecule has 0 aliphatic carbocycles. The Morgan fingerprint density at radius 3 is 2.67 bits per heavy atom. The van der Waals surface area contributed by atoms with Gasteiger partial charge >= 0.3 is 19.4 Å². The molecule has 13 heteroatoms. The number of halogens is 1. The van der Waals surface area contributed by atoms with Crippen LogP contribution < -0.4 is 20.9 Å². The van der Waals surface area contributed by atoms with Crippen LogP contribution in [0.3, 0.4) is 0 Å². The van der Waals surface area contributed by atoms with Crippen molar-refractivity contribution in [1.29, 1.82) is 0 Å². The molecule has 1 aliphatic rings. The number of ether oxygens (including phenoxy) is 2. The van der Waals surface area contributed by atoms with Crippen LogP contribution in [0.5, 0.6) is 5.75 Å². The third-order valence-electron chi connectivity index (χ3n) is 4.58. The summed E-state index contributed by atoms with van der Waals surface area (Å²) in [6.45, 7) is 2.68. The predicted molar refractivity (Wildman–Crippen MR) is 114 cm³/mol. The topological polar surface area (TPSA) is 138 Å². The molecule has 4 atom stereocenters. The Morgan fingerprint density at radius 1 is 1.30 bits per heavy atom. The maximum absolute atomic E-state index is 13.3. The van der Waals surface area contributed by atoms with Crippen molar-refractivity contribution in [3.63, 3.8) is 0 Å². The first-order valence-electron chi connectivity index (χ1n) is 9.81. The summed E-state index contributed by atoms with van der Waals surface area (Å²) in [5, 5.41) is 2.47. The van der Waals surface area contributed by atoms with Crippen LogP contribution in [-0.2, 0) is 23.4 Å². The lowest BCUT2D eigenvalue weighted by molar-refractivity contribution is -0.142. The first-order chi connectivity index (χ1) is 15.6. The van der Waals surface area contributed by atoms with Crippen LogP contribution in [0.2, 0.25) is 0 Å². The lowest BCUT2D eigenvalue weighted by atomic mass is 10.3. The molecule has 3 rings (SSSR count). The maximum Gasteiger partial charge on any atom is 0.459 e. The van der Waals surface area contributed by atoms with Crippen molar-refractivity contribution in [2.75, 3.05) is 13.7 Å². The molecule has 33 heavy (non-hydrogen) atoms. The van der Waals surface area contributed by atoms with Crippen LogP contribution in [0, 0.1) is 12.7 Å². The number of aryl methyl sites for hydroxylation is 1. The second-order valence-corrected chi connectivity index (χ2v) is 8.83. The standard InChI is InChI=1S/C20H23FN3O8P/c1-12-10-24(20(27)22-18(12)25)17-9-8-16(31-17)11-30-33(28,23-13(2)19(26)29-3)32-15-6-4-14(21)5-7-15/h4-10,13,16-17H,11H2,1-3H3,(H,23,28)(H,22,25,27)/t13?,16-,17+,33?/m0/s1. The van der Waals surface area contributed by atoms with Gasteiger partial charge in [0.15, 0.2) is 6.23 Å². The van der Waals surface area contributed by atoms with E-state index in [1.807, 2.05) is 0 Å². The Morgan fingerprint density at radius 2 is 2.00 bits per heavy atom. The minimum Gasteiger partial charge on any atom is -0.468 e. The number of carbonyl (C=O) groups is 1. The van der Waals surface area contributed by atoms with E-state index in [0.29, 0.717) is 5.56 Å². The minimum atomic E-state index is -4.15. The van der Waals surface area contributed by atoms with Crippen molar-refractivity contribution >= 4 is 13.7 Å². The molecule has 0 radical (unpaired) electrons. The number of hydrogen-bond acceptors (Lipinski definition) is 8. The van der Waals surface area contributed by atoms with Crippen molar-refractivity contribution in [2.24, 2.45) is 0 Å². The molecule has 2 heterocycles. The molecule has 0 bridgehead atoms. The quantitative estimate of drug-likeness (QED) is 0.311. The largest absolute Gasteiger partial charge is 0.468 e. The van der Waals surface area contributed by atoms with Gasteiger partial charge in [-0.05, 0) is 44.2 Å². The van der Waals surface area contributed by atoms with Gasteiger partial charge in [-0.2, -0.15) is 5.09 Å². The molecule has 0 saturated heterocycles. The van der Waals surface area contributed by atoms with Gasteiger partial charge in [-0.3, -0.25) is 23.7 Å². The van der Waals surface area contributed by atoms with Gasteiger partial charge in [0, 0.05) is 11.8 Å². The molecule has 1 aliphatic heterocycles. The van der Waals surface area contributed by atoms with Crippen molar-refractivity contribution in [3.05, 3.63) is 74.8 Å². The number of rotatable bonds is 9. The summed E-state index contributed by atoms with van der Waals surface area (Å²) in [4.78, 5) is 37.6. The molecule has 0 saturated carbocycles. The van der Waals surface area contributed by atoms with E-state index >= 15 is 0 Å². The first-order valence-corrected chi connectivity index (χ1v) is 11.4. The van der Waals surface area contributed by atoms with Crippen LogP contribution in [0.15, 0.2) is 52.2 Å². The fourth-order valence-electron chi connectivity index (χ4n) is 2.88. The van der Waals surface area contributed by atoms with Crippen molar-refractivity contribution in [1.82, 2.24) is 14.6 Å². The highest BCUT2D eigenvalue weighted by atomic mass is 31.2. The Labute approximate surface area is 187 Å². The lowest BCUT2D eigenvalue weighted by Crippen LogP contribution is -2.35. The molecule has 0 amide bonds. The zero-order valence-electron chi connectivity index (χ0n) is 18.0. The van der Waals surface area contributed by atoms with Crippen LogP contribution in [0.1, 0.15) is 18.7 Å². The Bertz CT molecular complexity index is 1190. The fraction of sp³-hybridized carbons (Fsp3) is 0.350. The van der Waals surface area contributed by atoms with E-state index in [-0.39, 0.29) is 12.4 Å². The van der Waals surface area contributed by atoms with Gasteiger partial charge in [0.2, 0.25) is 0 Å². The number of nitrogens with one attached hydrogen (secondary N) is 2. The van der Waals surface area contributed by atoms with Crippen LogP contribution in [0.25, 0.3) is 0 Å². The molecule has 2 unspecified atom stereocenters. The highest BCUT2D eigenvalue weighted by Crippen LogP contribution is 2.45. The third-order valence-corrected chi connectivity index (χ3v) is 6.22. The molecule has 2 N–H and O–H groups in total. The van der Waals surface area contributed by atoms with Gasteiger partial charge in [0.25, 0.3) is 5.56 Å². The highest BCUT2D eigenvalue weighted by molar-refractivity contribution is 7.52. The summed E-state index contributed by atoms with van der Waals surface area (Å²) in [6.07, 6.45) is 2.98. The van der Waals surface area contributed by atoms with E-state index in [4.69, 9.17) is 13.8 Å². The third kappa shape index (κ3) is 6.26. The van der Waals surface area contributed by atoms with Crippen LogP contribution in [-0.4, -0.2) is 41.4 Å². The molecule has 0 spiro atoms. The van der Waals surface area contributed by atoms with Gasteiger partial charge < -0.3 is 14.0 Å². The minimum absolute atomic E-state index is 0.0420. The molecule has 11 nitrogen and oxygen atoms in total. The average Bonchev–Trinajstić information content (AvgIpc) is 3.25. The number of hydrogen-bond donors (Lipinski definition) is 2. The molecule has 1 aromatic heterocycles. The first kappa shape index (κ1) is 24.6. The second kappa shape index (κ2) is 10.3. The van der Waals surface area contributed by atoms with Gasteiger partial charge in [-0.25, -0.2) is 13.8 Å². The highest BCUT2D eigenvalue weighted by Gasteiger charge is 2.34. The Kier molecular flexibility index (Phi) is 7.65. The summed E-state index contributed by atoms with van der Waals surface area (Å²) in [7, 11) is -2.98. The second-order valence-electron chi connectivity index (χ2n) is 7.14. The Balaban J connectivity index is 1.71. The number of esters is 1. The zero-order chi connectivity index (χ0) is 24.2. The molecule has 2 aromatic rings. The molecular formula is C20H23FN3O8P. The number of carbonyl (C=O) groups excluding carboxylic acids is 1. The number of nitrogens with zero attached hydrogens (tertiary/aromatic N) is 1. The van der Waals surface area contributed by atoms with Gasteiger partial charge in [0.1, 0.15) is 23.7 Å². The lowest BCUT2D eigenvalue weighted by Gasteiger charge is -2.24. The van der Waals surface area contributed by atoms with Crippen LogP contribution in [0.4, 0.5) is 4.39 Å². The number of benzene rings is 1. The average molecular weight is 483 g/mol. The normalized spacial score (nSPS) is 20.2. The summed E-state index contributed by atoms with van der Waals surface area (Å²) in [6, 6.07) is 3.68. The zero-order valence-corrected chi connectivity index (χ0v) is 18.9. The molecule has 1 aromatic carbocycles. The van der Waals surface area contributed by atoms with Gasteiger partial charge in [0.05, 0.1) is 13.7 Å². The SMILES string of the molecule is COC(=O)C(C)NP(=O)(OC[C@@H]1C=C[C@H](n2cc(C)c(=O)[nH]c2=O)O1)Oc1ccc(F)cc1. The number of methoxy groups -OCH3 is 1. The van der Waals surface area contributed by atoms with E-state index in [1.54, 1.807) is 19.1 Å². The van der Waals surface area contributed by atoms with Crippen molar-refractivity contribution < 1.29 is 32.3 Å². The number of aromatic amines is 1. The molecular weight excluding hydrogens is 460 g/mol. The molecule has 0 fully saturated rings. The van der Waals surface area contributed by atoms with Gasteiger partial charge in [-0.1, -0.05) is 6.08 Å². The summed E-state index contributed by atoms with van der Waals surface area (Å²) >= 11 is 0.